The van der Waals surface area contributed by atoms with Gasteiger partial charge in [0.2, 0.25) is 0 Å². The number of aryl methyl sites for hydroxylation is 1. The molecule has 5 nitrogen and oxygen atoms in total. The quantitative estimate of drug-likeness (QED) is 0.333. The van der Waals surface area contributed by atoms with Gasteiger partial charge in [-0.05, 0) is 61.0 Å². The predicted octanol–water partition coefficient (Wildman–Crippen LogP) is 5.78. The number of hydrogen-bond acceptors (Lipinski definition) is 3. The number of hydrogen-bond donors (Lipinski definition) is 2. The molecule has 4 rings (SSSR count). The van der Waals surface area contributed by atoms with E-state index in [1.165, 1.54) is 0 Å². The van der Waals surface area contributed by atoms with Crippen LogP contribution in [0.1, 0.15) is 22.3 Å². The third-order valence-corrected chi connectivity index (χ3v) is 5.52. The molecule has 0 unspecified atom stereocenters. The molecule has 0 spiro atoms. The van der Waals surface area contributed by atoms with E-state index >= 15 is 0 Å². The SMILES string of the molecule is O=C(Nc1cccc(CNCCCn2cnc3ccccc32)c1)c1ccc(Cl)cc1Cl. The zero-order valence-corrected chi connectivity index (χ0v) is 18.3. The summed E-state index contributed by atoms with van der Waals surface area (Å²) >= 11 is 12.0. The molecule has 31 heavy (non-hydrogen) atoms. The lowest BCUT2D eigenvalue weighted by atomic mass is 10.1. The minimum absolute atomic E-state index is 0.265. The molecule has 0 atom stereocenters. The predicted molar refractivity (Wildman–Crippen MR) is 127 cm³/mol. The van der Waals surface area contributed by atoms with Crippen LogP contribution in [0.2, 0.25) is 10.0 Å². The molecular formula is C24H22Cl2N4O. The summed E-state index contributed by atoms with van der Waals surface area (Å²) in [5, 5.41) is 7.17. The van der Waals surface area contributed by atoms with Crippen molar-refractivity contribution in [2.24, 2.45) is 0 Å². The highest BCUT2D eigenvalue weighted by Crippen LogP contribution is 2.22. The molecule has 1 aromatic heterocycles. The number of fused-ring (bicyclic) bond motifs is 1. The topological polar surface area (TPSA) is 59.0 Å². The molecule has 0 saturated heterocycles. The lowest BCUT2D eigenvalue weighted by Crippen LogP contribution is -2.17. The minimum atomic E-state index is -0.265. The number of carbonyl (C=O) groups is 1. The number of carbonyl (C=O) groups excluding carboxylic acids is 1. The summed E-state index contributed by atoms with van der Waals surface area (Å²) in [6.07, 6.45) is 2.88. The largest absolute Gasteiger partial charge is 0.331 e. The molecule has 0 aliphatic rings. The summed E-state index contributed by atoms with van der Waals surface area (Å²) in [5.41, 5.74) is 4.39. The van der Waals surface area contributed by atoms with Crippen LogP contribution in [0, 0.1) is 0 Å². The van der Waals surface area contributed by atoms with Crippen LogP contribution < -0.4 is 10.6 Å². The Morgan fingerprint density at radius 3 is 2.74 bits per heavy atom. The highest BCUT2D eigenvalue weighted by Gasteiger charge is 2.11. The van der Waals surface area contributed by atoms with Gasteiger partial charge >= 0.3 is 0 Å². The van der Waals surface area contributed by atoms with Crippen LogP contribution in [0.15, 0.2) is 73.1 Å². The standard InChI is InChI=1S/C24H22Cl2N4O/c25-18-9-10-20(21(26)14-18)24(31)29-19-6-3-5-17(13-19)15-27-11-4-12-30-16-28-22-7-1-2-8-23(22)30/h1-3,5-10,13-14,16,27H,4,11-12,15H2,(H,29,31). The zero-order valence-electron chi connectivity index (χ0n) is 16.8. The summed E-state index contributed by atoms with van der Waals surface area (Å²) in [4.78, 5) is 16.9. The van der Waals surface area contributed by atoms with Gasteiger partial charge in [-0.25, -0.2) is 4.98 Å². The minimum Gasteiger partial charge on any atom is -0.331 e. The second kappa shape index (κ2) is 9.96. The Balaban J connectivity index is 1.27. The monoisotopic (exact) mass is 452 g/mol. The van der Waals surface area contributed by atoms with Gasteiger partial charge in [0.1, 0.15) is 0 Å². The maximum atomic E-state index is 12.5. The molecule has 7 heteroatoms. The van der Waals surface area contributed by atoms with Gasteiger partial charge in [-0.15, -0.1) is 0 Å². The molecule has 0 aliphatic heterocycles. The number of benzene rings is 3. The number of amides is 1. The van der Waals surface area contributed by atoms with Crippen molar-refractivity contribution in [3.8, 4) is 0 Å². The lowest BCUT2D eigenvalue weighted by Gasteiger charge is -2.10. The summed E-state index contributed by atoms with van der Waals surface area (Å²) in [5.74, 6) is -0.265. The van der Waals surface area contributed by atoms with Crippen LogP contribution >= 0.6 is 23.2 Å². The first-order chi connectivity index (χ1) is 15.1. The van der Waals surface area contributed by atoms with E-state index < -0.39 is 0 Å². The third kappa shape index (κ3) is 5.44. The summed E-state index contributed by atoms with van der Waals surface area (Å²) in [6.45, 7) is 2.50. The number of imidazole rings is 1. The van der Waals surface area contributed by atoms with E-state index in [4.69, 9.17) is 23.2 Å². The van der Waals surface area contributed by atoms with E-state index in [1.54, 1.807) is 18.2 Å². The lowest BCUT2D eigenvalue weighted by molar-refractivity contribution is 0.102. The van der Waals surface area contributed by atoms with Crippen molar-refractivity contribution < 1.29 is 4.79 Å². The van der Waals surface area contributed by atoms with E-state index in [2.05, 4.69) is 26.3 Å². The summed E-state index contributed by atoms with van der Waals surface area (Å²) in [6, 6.07) is 20.7. The Morgan fingerprint density at radius 2 is 1.87 bits per heavy atom. The number of para-hydroxylation sites is 2. The van der Waals surface area contributed by atoms with Gasteiger partial charge in [0.15, 0.2) is 0 Å². The Hall–Kier alpha value is -2.86. The number of aromatic nitrogens is 2. The van der Waals surface area contributed by atoms with Crippen molar-refractivity contribution in [3.05, 3.63) is 94.2 Å². The Labute approximate surface area is 191 Å². The zero-order chi connectivity index (χ0) is 21.6. The first kappa shape index (κ1) is 21.4. The van der Waals surface area contributed by atoms with E-state index in [0.717, 1.165) is 48.3 Å². The van der Waals surface area contributed by atoms with Crippen molar-refractivity contribution in [2.75, 3.05) is 11.9 Å². The molecule has 0 bridgehead atoms. The molecule has 3 aromatic carbocycles. The molecular weight excluding hydrogens is 431 g/mol. The molecule has 0 fully saturated rings. The highest BCUT2D eigenvalue weighted by atomic mass is 35.5. The van der Waals surface area contributed by atoms with Gasteiger partial charge in [0.25, 0.3) is 5.91 Å². The van der Waals surface area contributed by atoms with Gasteiger partial charge in [-0.2, -0.15) is 0 Å². The molecule has 0 aliphatic carbocycles. The average molecular weight is 453 g/mol. The summed E-state index contributed by atoms with van der Waals surface area (Å²) < 4.78 is 2.18. The smallest absolute Gasteiger partial charge is 0.257 e. The van der Waals surface area contributed by atoms with Gasteiger partial charge in [-0.1, -0.05) is 47.5 Å². The number of halogens is 2. The van der Waals surface area contributed by atoms with Crippen LogP contribution in [-0.2, 0) is 13.1 Å². The number of rotatable bonds is 8. The Kier molecular flexibility index (Phi) is 6.87. The number of nitrogens with zero attached hydrogens (tertiary/aromatic N) is 2. The van der Waals surface area contributed by atoms with Gasteiger partial charge in [0, 0.05) is 23.8 Å². The fourth-order valence-electron chi connectivity index (χ4n) is 3.43. The molecule has 0 saturated carbocycles. The van der Waals surface area contributed by atoms with Crippen molar-refractivity contribution in [1.29, 1.82) is 0 Å². The van der Waals surface area contributed by atoms with Gasteiger partial charge < -0.3 is 15.2 Å². The van der Waals surface area contributed by atoms with Crippen LogP contribution in [0.5, 0.6) is 0 Å². The van der Waals surface area contributed by atoms with Gasteiger partial charge in [0.05, 0.1) is 27.9 Å². The second-order valence-corrected chi connectivity index (χ2v) is 8.08. The van der Waals surface area contributed by atoms with Gasteiger partial charge in [-0.3, -0.25) is 4.79 Å². The fourth-order valence-corrected chi connectivity index (χ4v) is 3.92. The third-order valence-electron chi connectivity index (χ3n) is 4.97. The first-order valence-corrected chi connectivity index (χ1v) is 10.8. The normalized spacial score (nSPS) is 11.0. The number of nitrogens with one attached hydrogen (secondary N) is 2. The molecule has 1 amide bonds. The van der Waals surface area contributed by atoms with Crippen molar-refractivity contribution in [2.45, 2.75) is 19.5 Å². The Morgan fingerprint density at radius 1 is 1.00 bits per heavy atom. The van der Waals surface area contributed by atoms with E-state index in [1.807, 2.05) is 48.8 Å². The Bertz CT molecular complexity index is 1210. The van der Waals surface area contributed by atoms with Crippen LogP contribution in [0.3, 0.4) is 0 Å². The molecule has 158 valence electrons. The maximum Gasteiger partial charge on any atom is 0.257 e. The van der Waals surface area contributed by atoms with Crippen LogP contribution in [0.25, 0.3) is 11.0 Å². The van der Waals surface area contributed by atoms with Crippen molar-refractivity contribution in [1.82, 2.24) is 14.9 Å². The molecule has 2 N–H and O–H groups in total. The molecule has 4 aromatic rings. The van der Waals surface area contributed by atoms with Crippen molar-refractivity contribution >= 4 is 45.8 Å². The van der Waals surface area contributed by atoms with Crippen LogP contribution in [0.4, 0.5) is 5.69 Å². The first-order valence-electron chi connectivity index (χ1n) is 10.1. The average Bonchev–Trinajstić information content (AvgIpc) is 3.17. The van der Waals surface area contributed by atoms with Crippen LogP contribution in [-0.4, -0.2) is 22.0 Å². The highest BCUT2D eigenvalue weighted by molar-refractivity contribution is 6.37. The maximum absolute atomic E-state index is 12.5. The molecule has 1 heterocycles. The second-order valence-electron chi connectivity index (χ2n) is 7.24. The summed E-state index contributed by atoms with van der Waals surface area (Å²) in [7, 11) is 0. The van der Waals surface area contributed by atoms with E-state index in [-0.39, 0.29) is 5.91 Å². The number of anilines is 1. The molecule has 0 radical (unpaired) electrons. The van der Waals surface area contributed by atoms with E-state index in [0.29, 0.717) is 15.6 Å². The fraction of sp³-hybridized carbons (Fsp3) is 0.167. The van der Waals surface area contributed by atoms with Crippen molar-refractivity contribution in [3.63, 3.8) is 0 Å². The van der Waals surface area contributed by atoms with E-state index in [9.17, 15) is 4.79 Å².